The number of nitrogens with zero attached hydrogens (tertiary/aromatic N) is 1. The van der Waals surface area contributed by atoms with Crippen molar-refractivity contribution in [2.45, 2.75) is 0 Å². The summed E-state index contributed by atoms with van der Waals surface area (Å²) >= 11 is 3.68. The number of fused-ring (bicyclic) bond motifs is 4. The average Bonchev–Trinajstić information content (AvgIpc) is 3.14. The molecule has 1 heterocycles. The van der Waals surface area contributed by atoms with E-state index in [4.69, 9.17) is 0 Å². The molecular formula is C28H18BrN. The normalized spacial score (nSPS) is 11.5. The topological polar surface area (TPSA) is 4.93 Å². The third-order valence-corrected chi connectivity index (χ3v) is 6.58. The number of rotatable bonds is 2. The maximum Gasteiger partial charge on any atom is 0.0541 e. The van der Waals surface area contributed by atoms with Gasteiger partial charge in [-0.25, -0.2) is 0 Å². The Hall–Kier alpha value is -3.36. The molecule has 0 unspecified atom stereocenters. The molecule has 0 N–H and O–H groups in total. The zero-order valence-electron chi connectivity index (χ0n) is 16.2. The molecule has 1 nitrogen and oxygen atoms in total. The summed E-state index contributed by atoms with van der Waals surface area (Å²) in [7, 11) is 0. The standard InChI is InChI=1S/C28H18BrN/c29-26-18-17-21(22-7-1-2-8-23(22)26)19-13-15-20(16-14-19)30-27-11-5-3-9-24(27)25-10-4-6-12-28(25)30/h1-18H. The predicted octanol–water partition coefficient (Wildman–Crippen LogP) is 8.37. The second kappa shape index (κ2) is 6.86. The van der Waals surface area contributed by atoms with E-state index in [0.29, 0.717) is 0 Å². The van der Waals surface area contributed by atoms with Crippen LogP contribution in [-0.2, 0) is 0 Å². The third-order valence-electron chi connectivity index (χ3n) is 5.89. The van der Waals surface area contributed by atoms with Crippen LogP contribution in [0.2, 0.25) is 0 Å². The Morgan fingerprint density at radius 1 is 0.467 bits per heavy atom. The molecule has 1 aromatic heterocycles. The van der Waals surface area contributed by atoms with Crippen LogP contribution < -0.4 is 0 Å². The van der Waals surface area contributed by atoms with E-state index in [2.05, 4.69) is 130 Å². The van der Waals surface area contributed by atoms with Crippen molar-refractivity contribution in [1.29, 1.82) is 0 Å². The van der Waals surface area contributed by atoms with Crippen molar-refractivity contribution in [3.8, 4) is 16.8 Å². The molecule has 0 saturated heterocycles. The summed E-state index contributed by atoms with van der Waals surface area (Å²) in [5.41, 5.74) is 6.13. The molecule has 0 saturated carbocycles. The van der Waals surface area contributed by atoms with E-state index in [1.165, 1.54) is 49.4 Å². The van der Waals surface area contributed by atoms with Crippen LogP contribution in [0.15, 0.2) is 114 Å². The van der Waals surface area contributed by atoms with Crippen molar-refractivity contribution in [1.82, 2.24) is 4.57 Å². The molecular weight excluding hydrogens is 430 g/mol. The first kappa shape index (κ1) is 17.5. The van der Waals surface area contributed by atoms with E-state index in [1.807, 2.05) is 0 Å². The highest BCUT2D eigenvalue weighted by Crippen LogP contribution is 2.35. The van der Waals surface area contributed by atoms with Crippen molar-refractivity contribution in [2.24, 2.45) is 0 Å². The van der Waals surface area contributed by atoms with Crippen LogP contribution >= 0.6 is 15.9 Å². The zero-order valence-corrected chi connectivity index (χ0v) is 17.8. The van der Waals surface area contributed by atoms with E-state index < -0.39 is 0 Å². The lowest BCUT2D eigenvalue weighted by Gasteiger charge is -2.11. The number of para-hydroxylation sites is 2. The van der Waals surface area contributed by atoms with Gasteiger partial charge in [0.2, 0.25) is 0 Å². The molecule has 6 aromatic rings. The molecule has 142 valence electrons. The molecule has 6 rings (SSSR count). The lowest BCUT2D eigenvalue weighted by Crippen LogP contribution is -1.93. The van der Waals surface area contributed by atoms with Gasteiger partial charge in [-0.05, 0) is 52.2 Å². The second-order valence-electron chi connectivity index (χ2n) is 7.56. The number of benzene rings is 5. The molecule has 0 radical (unpaired) electrons. The van der Waals surface area contributed by atoms with E-state index in [1.54, 1.807) is 0 Å². The van der Waals surface area contributed by atoms with Crippen molar-refractivity contribution in [3.63, 3.8) is 0 Å². The molecule has 0 fully saturated rings. The lowest BCUT2D eigenvalue weighted by atomic mass is 9.98. The number of halogens is 1. The molecule has 0 aliphatic rings. The monoisotopic (exact) mass is 447 g/mol. The van der Waals surface area contributed by atoms with E-state index >= 15 is 0 Å². The highest BCUT2D eigenvalue weighted by atomic mass is 79.9. The predicted molar refractivity (Wildman–Crippen MR) is 131 cm³/mol. The lowest BCUT2D eigenvalue weighted by molar-refractivity contribution is 1.18. The van der Waals surface area contributed by atoms with Crippen molar-refractivity contribution < 1.29 is 0 Å². The summed E-state index contributed by atoms with van der Waals surface area (Å²) in [5.74, 6) is 0. The third kappa shape index (κ3) is 2.61. The molecule has 0 spiro atoms. The van der Waals surface area contributed by atoms with Crippen LogP contribution in [0.5, 0.6) is 0 Å². The van der Waals surface area contributed by atoms with Gasteiger partial charge in [-0.15, -0.1) is 0 Å². The molecule has 5 aromatic carbocycles. The van der Waals surface area contributed by atoms with Gasteiger partial charge in [0.05, 0.1) is 11.0 Å². The SMILES string of the molecule is Brc1ccc(-c2ccc(-n3c4ccccc4c4ccccc43)cc2)c2ccccc12. The smallest absolute Gasteiger partial charge is 0.0541 e. The van der Waals surface area contributed by atoms with E-state index in [0.717, 1.165) is 4.47 Å². The molecule has 0 amide bonds. The number of hydrogen-bond donors (Lipinski definition) is 0. The fourth-order valence-electron chi connectivity index (χ4n) is 4.50. The maximum absolute atomic E-state index is 3.68. The maximum atomic E-state index is 3.68. The molecule has 2 heteroatoms. The summed E-state index contributed by atoms with van der Waals surface area (Å²) < 4.78 is 3.48. The van der Waals surface area contributed by atoms with E-state index in [9.17, 15) is 0 Å². The van der Waals surface area contributed by atoms with Crippen molar-refractivity contribution in [3.05, 3.63) is 114 Å². The minimum Gasteiger partial charge on any atom is -0.309 e. The van der Waals surface area contributed by atoms with E-state index in [-0.39, 0.29) is 0 Å². The summed E-state index contributed by atoms with van der Waals surface area (Å²) in [6.07, 6.45) is 0. The summed E-state index contributed by atoms with van der Waals surface area (Å²) in [6.45, 7) is 0. The first-order valence-electron chi connectivity index (χ1n) is 10.1. The number of hydrogen-bond acceptors (Lipinski definition) is 0. The zero-order chi connectivity index (χ0) is 20.1. The summed E-state index contributed by atoms with van der Waals surface area (Å²) in [4.78, 5) is 0. The first-order chi connectivity index (χ1) is 14.8. The summed E-state index contributed by atoms with van der Waals surface area (Å²) in [5, 5.41) is 5.07. The van der Waals surface area contributed by atoms with Crippen molar-refractivity contribution >= 4 is 48.5 Å². The molecule has 0 atom stereocenters. The quantitative estimate of drug-likeness (QED) is 0.251. The highest BCUT2D eigenvalue weighted by Gasteiger charge is 2.12. The fourth-order valence-corrected chi connectivity index (χ4v) is 4.98. The Kier molecular flexibility index (Phi) is 4.00. The fraction of sp³-hybridized carbons (Fsp3) is 0. The van der Waals surface area contributed by atoms with Crippen LogP contribution in [0.4, 0.5) is 0 Å². The molecule has 0 bridgehead atoms. The van der Waals surface area contributed by atoms with Crippen LogP contribution in [0.25, 0.3) is 49.4 Å². The minimum atomic E-state index is 1.13. The molecule has 30 heavy (non-hydrogen) atoms. The van der Waals surface area contributed by atoms with Crippen LogP contribution in [0.3, 0.4) is 0 Å². The Bertz CT molecular complexity index is 1490. The van der Waals surface area contributed by atoms with Gasteiger partial charge in [0.15, 0.2) is 0 Å². The highest BCUT2D eigenvalue weighted by molar-refractivity contribution is 9.10. The van der Waals surface area contributed by atoms with Gasteiger partial charge in [0.25, 0.3) is 0 Å². The Labute approximate surface area is 183 Å². The van der Waals surface area contributed by atoms with Gasteiger partial charge in [0, 0.05) is 20.9 Å². The minimum absolute atomic E-state index is 1.13. The van der Waals surface area contributed by atoms with Gasteiger partial charge in [-0.1, -0.05) is 94.8 Å². The van der Waals surface area contributed by atoms with Crippen LogP contribution in [0, 0.1) is 0 Å². The molecule has 0 aliphatic carbocycles. The average molecular weight is 448 g/mol. The first-order valence-corrected chi connectivity index (χ1v) is 10.9. The van der Waals surface area contributed by atoms with Gasteiger partial charge < -0.3 is 4.57 Å². The summed E-state index contributed by atoms with van der Waals surface area (Å²) in [6, 6.07) is 39.0. The second-order valence-corrected chi connectivity index (χ2v) is 8.41. The Morgan fingerprint density at radius 2 is 1.00 bits per heavy atom. The Morgan fingerprint density at radius 3 is 1.63 bits per heavy atom. The molecule has 0 aliphatic heterocycles. The van der Waals surface area contributed by atoms with Crippen molar-refractivity contribution in [2.75, 3.05) is 0 Å². The van der Waals surface area contributed by atoms with Gasteiger partial charge in [-0.2, -0.15) is 0 Å². The Balaban J connectivity index is 1.55. The van der Waals surface area contributed by atoms with Gasteiger partial charge >= 0.3 is 0 Å². The van der Waals surface area contributed by atoms with Gasteiger partial charge in [0.1, 0.15) is 0 Å². The largest absolute Gasteiger partial charge is 0.309 e. The number of aromatic nitrogens is 1. The van der Waals surface area contributed by atoms with Gasteiger partial charge in [-0.3, -0.25) is 0 Å². The van der Waals surface area contributed by atoms with Crippen LogP contribution in [-0.4, -0.2) is 4.57 Å². The van der Waals surface area contributed by atoms with Crippen LogP contribution in [0.1, 0.15) is 0 Å².